The molecule has 3 heterocycles. The third kappa shape index (κ3) is 3.02. The minimum atomic E-state index is -0.0500. The number of rotatable bonds is 3. The monoisotopic (exact) mass is 293 g/mol. The summed E-state index contributed by atoms with van der Waals surface area (Å²) in [5, 5.41) is 11.1. The molecule has 1 fully saturated rings. The summed E-state index contributed by atoms with van der Waals surface area (Å²) in [4.78, 5) is 17.6. The van der Waals surface area contributed by atoms with E-state index in [2.05, 4.69) is 15.6 Å². The Kier molecular flexibility index (Phi) is 3.91. The summed E-state index contributed by atoms with van der Waals surface area (Å²) in [7, 11) is 0. The number of hydrogen-bond donors (Lipinski definition) is 2. The maximum atomic E-state index is 12.1. The fraction of sp³-hybridized carbons (Fsp3) is 0.385. The van der Waals surface area contributed by atoms with Crippen LogP contribution in [0, 0.1) is 0 Å². The van der Waals surface area contributed by atoms with E-state index < -0.39 is 0 Å². The van der Waals surface area contributed by atoms with Crippen LogP contribution in [-0.2, 0) is 0 Å². The summed E-state index contributed by atoms with van der Waals surface area (Å²) in [5.74, 6) is -0.0500. The molecular formula is C13H15N3OS2. The highest BCUT2D eigenvalue weighted by Crippen LogP contribution is 2.27. The van der Waals surface area contributed by atoms with Gasteiger partial charge < -0.3 is 10.6 Å². The van der Waals surface area contributed by atoms with Crippen molar-refractivity contribution in [1.29, 1.82) is 0 Å². The lowest BCUT2D eigenvalue weighted by atomic mass is 10.1. The summed E-state index contributed by atoms with van der Waals surface area (Å²) in [5.41, 5.74) is 0.534. The number of carbonyl (C=O) groups excluding carboxylic acids is 1. The number of hydrogen-bond acceptors (Lipinski definition) is 5. The molecule has 3 rings (SSSR count). The molecule has 0 aromatic carbocycles. The van der Waals surface area contributed by atoms with Crippen LogP contribution in [0.3, 0.4) is 0 Å². The lowest BCUT2D eigenvalue weighted by Gasteiger charge is -2.23. The van der Waals surface area contributed by atoms with Crippen LogP contribution in [0.1, 0.15) is 23.3 Å². The van der Waals surface area contributed by atoms with Crippen LogP contribution in [0.15, 0.2) is 22.9 Å². The second-order valence-corrected chi connectivity index (χ2v) is 6.32. The van der Waals surface area contributed by atoms with Crippen LogP contribution >= 0.6 is 22.7 Å². The van der Waals surface area contributed by atoms with Gasteiger partial charge in [0, 0.05) is 11.4 Å². The number of thiazole rings is 1. The molecule has 0 saturated carbocycles. The van der Waals surface area contributed by atoms with Gasteiger partial charge in [-0.05, 0) is 37.4 Å². The quantitative estimate of drug-likeness (QED) is 0.913. The van der Waals surface area contributed by atoms with E-state index in [1.807, 2.05) is 22.9 Å². The van der Waals surface area contributed by atoms with Gasteiger partial charge in [-0.2, -0.15) is 0 Å². The van der Waals surface area contributed by atoms with Gasteiger partial charge in [-0.3, -0.25) is 4.79 Å². The second kappa shape index (κ2) is 5.81. The molecule has 2 aromatic rings. The maximum absolute atomic E-state index is 12.1. The van der Waals surface area contributed by atoms with Gasteiger partial charge in [0.2, 0.25) is 0 Å². The van der Waals surface area contributed by atoms with E-state index >= 15 is 0 Å². The van der Waals surface area contributed by atoms with Gasteiger partial charge in [0.25, 0.3) is 5.91 Å². The van der Waals surface area contributed by atoms with E-state index in [-0.39, 0.29) is 11.9 Å². The third-order valence-electron chi connectivity index (χ3n) is 3.14. The number of nitrogens with zero attached hydrogens (tertiary/aromatic N) is 1. The lowest BCUT2D eigenvalue weighted by molar-refractivity contribution is 0.0925. The topological polar surface area (TPSA) is 54.0 Å². The van der Waals surface area contributed by atoms with Crippen molar-refractivity contribution in [1.82, 2.24) is 15.6 Å². The molecule has 0 spiro atoms. The molecule has 100 valence electrons. The van der Waals surface area contributed by atoms with E-state index in [1.54, 1.807) is 11.3 Å². The van der Waals surface area contributed by atoms with Gasteiger partial charge in [0.15, 0.2) is 0 Å². The molecule has 1 aliphatic heterocycles. The molecule has 2 N–H and O–H groups in total. The molecule has 0 unspecified atom stereocenters. The Morgan fingerprint density at radius 1 is 1.37 bits per heavy atom. The molecule has 0 atom stereocenters. The third-order valence-corrected chi connectivity index (χ3v) is 5.02. The van der Waals surface area contributed by atoms with Crippen LogP contribution < -0.4 is 10.6 Å². The minimum absolute atomic E-state index is 0.0500. The van der Waals surface area contributed by atoms with Gasteiger partial charge in [-0.15, -0.1) is 22.7 Å². The Balaban J connectivity index is 1.67. The summed E-state index contributed by atoms with van der Waals surface area (Å²) < 4.78 is 0. The highest BCUT2D eigenvalue weighted by Gasteiger charge is 2.18. The Bertz CT molecular complexity index is 544. The van der Waals surface area contributed by atoms with Crippen molar-refractivity contribution in [3.63, 3.8) is 0 Å². The van der Waals surface area contributed by atoms with Crippen LogP contribution in [0.5, 0.6) is 0 Å². The molecule has 1 aliphatic rings. The molecule has 1 amide bonds. The average molecular weight is 293 g/mol. The Labute approximate surface area is 119 Å². The van der Waals surface area contributed by atoms with E-state index in [0.29, 0.717) is 5.69 Å². The summed E-state index contributed by atoms with van der Waals surface area (Å²) in [6, 6.07) is 4.30. The number of amides is 1. The van der Waals surface area contributed by atoms with Crippen molar-refractivity contribution in [3.05, 3.63) is 28.6 Å². The summed E-state index contributed by atoms with van der Waals surface area (Å²) in [6.45, 7) is 1.95. The molecule has 1 saturated heterocycles. The molecule has 2 aromatic heterocycles. The van der Waals surface area contributed by atoms with E-state index in [9.17, 15) is 4.79 Å². The van der Waals surface area contributed by atoms with Gasteiger partial charge >= 0.3 is 0 Å². The number of thiophene rings is 1. The fourth-order valence-corrected chi connectivity index (χ4v) is 3.73. The van der Waals surface area contributed by atoms with Gasteiger partial charge in [-0.25, -0.2) is 4.98 Å². The Hall–Kier alpha value is -1.24. The largest absolute Gasteiger partial charge is 0.348 e. The van der Waals surface area contributed by atoms with Crippen LogP contribution in [0.25, 0.3) is 9.88 Å². The minimum Gasteiger partial charge on any atom is -0.348 e. The highest BCUT2D eigenvalue weighted by atomic mass is 32.1. The summed E-state index contributed by atoms with van der Waals surface area (Å²) >= 11 is 3.17. The zero-order valence-electron chi connectivity index (χ0n) is 10.4. The lowest BCUT2D eigenvalue weighted by Crippen LogP contribution is -2.42. The van der Waals surface area contributed by atoms with Crippen molar-refractivity contribution in [2.75, 3.05) is 13.1 Å². The first-order chi connectivity index (χ1) is 9.33. The van der Waals surface area contributed by atoms with Crippen molar-refractivity contribution in [2.45, 2.75) is 18.9 Å². The van der Waals surface area contributed by atoms with Crippen LogP contribution in [0.2, 0.25) is 0 Å². The number of carbonyl (C=O) groups is 1. The van der Waals surface area contributed by atoms with Crippen LogP contribution in [-0.4, -0.2) is 30.0 Å². The van der Waals surface area contributed by atoms with Crippen molar-refractivity contribution >= 4 is 28.6 Å². The molecular weight excluding hydrogens is 278 g/mol. The zero-order chi connectivity index (χ0) is 13.1. The number of aromatic nitrogens is 1. The standard InChI is InChI=1S/C13H15N3OS2/c17-12(15-9-3-5-14-6-4-9)10-8-19-13(16-10)11-2-1-7-18-11/h1-2,7-9,14H,3-6H2,(H,15,17). The maximum Gasteiger partial charge on any atom is 0.270 e. The first-order valence-corrected chi connectivity index (χ1v) is 8.10. The first-order valence-electron chi connectivity index (χ1n) is 6.34. The second-order valence-electron chi connectivity index (χ2n) is 4.51. The average Bonchev–Trinajstić information content (AvgIpc) is 3.11. The highest BCUT2D eigenvalue weighted by molar-refractivity contribution is 7.20. The number of piperidine rings is 1. The van der Waals surface area contributed by atoms with E-state index in [1.165, 1.54) is 11.3 Å². The molecule has 19 heavy (non-hydrogen) atoms. The van der Waals surface area contributed by atoms with Crippen molar-refractivity contribution in [3.8, 4) is 9.88 Å². The predicted molar refractivity (Wildman–Crippen MR) is 78.8 cm³/mol. The fourth-order valence-electron chi connectivity index (χ4n) is 2.12. The number of nitrogens with one attached hydrogen (secondary N) is 2. The van der Waals surface area contributed by atoms with Crippen molar-refractivity contribution in [2.24, 2.45) is 0 Å². The molecule has 6 heteroatoms. The predicted octanol–water partition coefficient (Wildman–Crippen LogP) is 2.35. The molecule has 4 nitrogen and oxygen atoms in total. The normalized spacial score (nSPS) is 16.4. The SMILES string of the molecule is O=C(NC1CCNCC1)c1csc(-c2cccs2)n1. The first kappa shape index (κ1) is 12.8. The molecule has 0 aliphatic carbocycles. The van der Waals surface area contributed by atoms with Crippen molar-refractivity contribution < 1.29 is 4.79 Å². The smallest absolute Gasteiger partial charge is 0.270 e. The van der Waals surface area contributed by atoms with Crippen LogP contribution in [0.4, 0.5) is 0 Å². The van der Waals surface area contributed by atoms with Gasteiger partial charge in [0.05, 0.1) is 4.88 Å². The van der Waals surface area contributed by atoms with Gasteiger partial charge in [0.1, 0.15) is 10.7 Å². The zero-order valence-corrected chi connectivity index (χ0v) is 12.0. The van der Waals surface area contributed by atoms with E-state index in [0.717, 1.165) is 35.8 Å². The summed E-state index contributed by atoms with van der Waals surface area (Å²) in [6.07, 6.45) is 1.99. The van der Waals surface area contributed by atoms with Gasteiger partial charge in [-0.1, -0.05) is 6.07 Å². The van der Waals surface area contributed by atoms with E-state index in [4.69, 9.17) is 0 Å². The molecule has 0 bridgehead atoms. The Morgan fingerprint density at radius 3 is 2.95 bits per heavy atom. The Morgan fingerprint density at radius 2 is 2.21 bits per heavy atom. The molecule has 0 radical (unpaired) electrons.